The van der Waals surface area contributed by atoms with E-state index in [1.54, 1.807) is 0 Å². The SMILES string of the molecule is Cc1ccc(-c2ccc(-c3c4ccccc4c(-c4ccc(-c5ccccn5)cc4C)c4ccccc34)cc2)cn1.Cc1ccc(-c2ccc(-c3c4ccccc4c(-c4ccc(-c5ccncc5)cc4)c4ccccc34)cc2)cn1. The van der Waals surface area contributed by atoms with Crippen LogP contribution in [0.2, 0.25) is 0 Å². The Balaban J connectivity index is 0.000000150. The van der Waals surface area contributed by atoms with Gasteiger partial charge in [-0.1, -0.05) is 200 Å². The van der Waals surface area contributed by atoms with Gasteiger partial charge in [0.25, 0.3) is 0 Å². The van der Waals surface area contributed by atoms with Gasteiger partial charge in [0.1, 0.15) is 0 Å². The van der Waals surface area contributed by atoms with Crippen molar-refractivity contribution >= 4 is 43.1 Å². The quantitative estimate of drug-likeness (QED) is 0.142. The molecule has 79 heavy (non-hydrogen) atoms. The molecule has 0 saturated carbocycles. The highest BCUT2D eigenvalue weighted by Crippen LogP contribution is 2.47. The number of hydrogen-bond acceptors (Lipinski definition) is 4. The number of fused-ring (bicyclic) bond motifs is 4. The second-order valence-electron chi connectivity index (χ2n) is 20.3. The van der Waals surface area contributed by atoms with Gasteiger partial charge in [0.2, 0.25) is 0 Å². The highest BCUT2D eigenvalue weighted by atomic mass is 14.7. The molecule has 4 heteroatoms. The monoisotopic (exact) mass is 1010 g/mol. The van der Waals surface area contributed by atoms with Crippen LogP contribution in [0, 0.1) is 20.8 Å². The second kappa shape index (κ2) is 21.1. The van der Waals surface area contributed by atoms with E-state index in [1.165, 1.54) is 115 Å². The van der Waals surface area contributed by atoms with Gasteiger partial charge >= 0.3 is 0 Å². The first-order valence-corrected chi connectivity index (χ1v) is 26.9. The van der Waals surface area contributed by atoms with E-state index in [2.05, 4.69) is 257 Å². The fourth-order valence-electron chi connectivity index (χ4n) is 11.4. The van der Waals surface area contributed by atoms with E-state index in [1.807, 2.05) is 57.0 Å². The first-order chi connectivity index (χ1) is 38.9. The largest absolute Gasteiger partial charge is 0.265 e. The molecule has 0 aliphatic rings. The molecule has 0 fully saturated rings. The Morgan fingerprint density at radius 1 is 0.241 bits per heavy atom. The summed E-state index contributed by atoms with van der Waals surface area (Å²) in [5.74, 6) is 0. The van der Waals surface area contributed by atoms with Crippen LogP contribution in [0.15, 0.2) is 274 Å². The molecule has 4 nitrogen and oxygen atoms in total. The summed E-state index contributed by atoms with van der Waals surface area (Å²) in [5.41, 5.74) is 22.4. The summed E-state index contributed by atoms with van der Waals surface area (Å²) < 4.78 is 0. The van der Waals surface area contributed by atoms with Crippen molar-refractivity contribution in [3.63, 3.8) is 0 Å². The maximum absolute atomic E-state index is 4.56. The van der Waals surface area contributed by atoms with Crippen molar-refractivity contribution in [2.75, 3.05) is 0 Å². The lowest BCUT2D eigenvalue weighted by atomic mass is 9.84. The molecule has 0 aliphatic heterocycles. The minimum Gasteiger partial charge on any atom is -0.265 e. The summed E-state index contributed by atoms with van der Waals surface area (Å²) in [7, 11) is 0. The van der Waals surface area contributed by atoms with Gasteiger partial charge in [-0.05, 0) is 179 Å². The Bertz CT molecular complexity index is 4380. The highest BCUT2D eigenvalue weighted by molar-refractivity contribution is 6.23. The zero-order chi connectivity index (χ0) is 53.2. The standard InChI is InChI=1S/C38H28N2.C37H26N2/c1-25-23-29(36-13-7-8-22-39-36)20-21-31(25)38-34-11-5-3-9-32(34)37(33-10-4-6-12-35(33)38)28-18-16-27(17-19-28)30-15-14-26(2)40-24-30;1-25-10-11-31(24-39-25)27-14-18-30(19-15-27)37-34-8-4-2-6-32(34)36(33-7-3-5-9-35(33)37)29-16-12-26(13-17-29)28-20-22-38-23-21-28/h3-24H,1-2H3;2-24H,1H3. The molecule has 10 aromatic carbocycles. The highest BCUT2D eigenvalue weighted by Gasteiger charge is 2.20. The Morgan fingerprint density at radius 2 is 0.570 bits per heavy atom. The van der Waals surface area contributed by atoms with Crippen molar-refractivity contribution in [1.82, 2.24) is 19.9 Å². The molecule has 374 valence electrons. The molecule has 0 unspecified atom stereocenters. The molecule has 0 bridgehead atoms. The van der Waals surface area contributed by atoms with Crippen LogP contribution in [0.5, 0.6) is 0 Å². The van der Waals surface area contributed by atoms with Crippen LogP contribution in [0.25, 0.3) is 132 Å². The summed E-state index contributed by atoms with van der Waals surface area (Å²) in [5, 5.41) is 10.1. The molecular formula is C75H54N4. The molecule has 0 N–H and O–H groups in total. The molecule has 14 rings (SSSR count). The predicted molar refractivity (Wildman–Crippen MR) is 332 cm³/mol. The smallest absolute Gasteiger partial charge is 0.0702 e. The summed E-state index contributed by atoms with van der Waals surface area (Å²) in [6.45, 7) is 6.24. The molecule has 0 radical (unpaired) electrons. The number of aromatic nitrogens is 4. The summed E-state index contributed by atoms with van der Waals surface area (Å²) in [4.78, 5) is 17.7. The van der Waals surface area contributed by atoms with E-state index in [0.29, 0.717) is 0 Å². The van der Waals surface area contributed by atoms with Crippen LogP contribution < -0.4 is 0 Å². The molecular weight excluding hydrogens is 957 g/mol. The van der Waals surface area contributed by atoms with Gasteiger partial charge in [-0.15, -0.1) is 0 Å². The average molecular weight is 1010 g/mol. The first-order valence-electron chi connectivity index (χ1n) is 26.9. The van der Waals surface area contributed by atoms with Gasteiger partial charge in [-0.25, -0.2) is 0 Å². The van der Waals surface area contributed by atoms with E-state index in [4.69, 9.17) is 0 Å². The van der Waals surface area contributed by atoms with Crippen LogP contribution in [0.1, 0.15) is 17.0 Å². The first kappa shape index (κ1) is 48.5. The van der Waals surface area contributed by atoms with Crippen LogP contribution >= 0.6 is 0 Å². The van der Waals surface area contributed by atoms with Gasteiger partial charge in [0.15, 0.2) is 0 Å². The Labute approximate surface area is 461 Å². The maximum atomic E-state index is 4.56. The molecule has 0 amide bonds. The molecule has 0 aliphatic carbocycles. The lowest BCUT2D eigenvalue weighted by Crippen LogP contribution is -1.93. The summed E-state index contributed by atoms with van der Waals surface area (Å²) in [6.07, 6.45) is 9.43. The van der Waals surface area contributed by atoms with Crippen molar-refractivity contribution in [2.24, 2.45) is 0 Å². The lowest BCUT2D eigenvalue weighted by molar-refractivity contribution is 1.20. The average Bonchev–Trinajstić information content (AvgIpc) is 3.63. The fraction of sp³-hybridized carbons (Fsp3) is 0.0400. The van der Waals surface area contributed by atoms with Gasteiger partial charge in [-0.3, -0.25) is 19.9 Å². The van der Waals surface area contributed by atoms with Crippen LogP contribution in [0.3, 0.4) is 0 Å². The van der Waals surface area contributed by atoms with E-state index in [0.717, 1.165) is 33.8 Å². The van der Waals surface area contributed by atoms with Gasteiger partial charge in [0, 0.05) is 59.1 Å². The van der Waals surface area contributed by atoms with Crippen molar-refractivity contribution in [3.05, 3.63) is 291 Å². The number of nitrogens with zero attached hydrogens (tertiary/aromatic N) is 4. The Morgan fingerprint density at radius 3 is 0.924 bits per heavy atom. The van der Waals surface area contributed by atoms with Crippen LogP contribution in [-0.4, -0.2) is 19.9 Å². The molecule has 0 saturated heterocycles. The Hall–Kier alpha value is -10.2. The van der Waals surface area contributed by atoms with Crippen LogP contribution in [-0.2, 0) is 0 Å². The number of rotatable bonds is 8. The zero-order valence-electron chi connectivity index (χ0n) is 44.3. The minimum atomic E-state index is 0.993. The molecule has 0 spiro atoms. The number of pyridine rings is 4. The summed E-state index contributed by atoms with van der Waals surface area (Å²) in [6, 6.07) is 87.2. The van der Waals surface area contributed by atoms with E-state index in [9.17, 15) is 0 Å². The molecule has 4 aromatic heterocycles. The summed E-state index contributed by atoms with van der Waals surface area (Å²) >= 11 is 0. The fourth-order valence-corrected chi connectivity index (χ4v) is 11.4. The Kier molecular flexibility index (Phi) is 13.0. The third kappa shape index (κ3) is 9.40. The van der Waals surface area contributed by atoms with Crippen molar-refractivity contribution < 1.29 is 0 Å². The molecule has 0 atom stereocenters. The third-order valence-electron chi connectivity index (χ3n) is 15.3. The third-order valence-corrected chi connectivity index (χ3v) is 15.3. The second-order valence-corrected chi connectivity index (χ2v) is 20.3. The van der Waals surface area contributed by atoms with Crippen molar-refractivity contribution in [2.45, 2.75) is 20.8 Å². The van der Waals surface area contributed by atoms with Gasteiger partial charge in [-0.2, -0.15) is 0 Å². The van der Waals surface area contributed by atoms with E-state index in [-0.39, 0.29) is 0 Å². The maximum Gasteiger partial charge on any atom is 0.0702 e. The van der Waals surface area contributed by atoms with Crippen LogP contribution in [0.4, 0.5) is 0 Å². The predicted octanol–water partition coefficient (Wildman–Crippen LogP) is 19.8. The topological polar surface area (TPSA) is 51.6 Å². The van der Waals surface area contributed by atoms with Crippen molar-refractivity contribution in [1.29, 1.82) is 0 Å². The normalized spacial score (nSPS) is 11.2. The van der Waals surface area contributed by atoms with Gasteiger partial charge < -0.3 is 0 Å². The zero-order valence-corrected chi connectivity index (χ0v) is 44.3. The number of hydrogen-bond donors (Lipinski definition) is 0. The van der Waals surface area contributed by atoms with E-state index >= 15 is 0 Å². The van der Waals surface area contributed by atoms with Crippen molar-refractivity contribution in [3.8, 4) is 89.1 Å². The lowest BCUT2D eigenvalue weighted by Gasteiger charge is -2.19. The number of benzene rings is 10. The number of aryl methyl sites for hydroxylation is 3. The van der Waals surface area contributed by atoms with Gasteiger partial charge in [0.05, 0.1) is 5.69 Å². The molecule has 14 aromatic rings. The minimum absolute atomic E-state index is 0.993. The molecule has 4 heterocycles. The van der Waals surface area contributed by atoms with E-state index < -0.39 is 0 Å².